The third kappa shape index (κ3) is 10.8. The Kier molecular flexibility index (Phi) is 12.3. The van der Waals surface area contributed by atoms with Gasteiger partial charge in [-0.2, -0.15) is 0 Å². The van der Waals surface area contributed by atoms with E-state index in [0.29, 0.717) is 5.75 Å². The van der Waals surface area contributed by atoms with Crippen LogP contribution in [0.4, 0.5) is 0 Å². The van der Waals surface area contributed by atoms with Crippen LogP contribution in [0.15, 0.2) is 24.3 Å². The van der Waals surface area contributed by atoms with E-state index in [9.17, 15) is 5.11 Å². The minimum absolute atomic E-state index is 0. The minimum Gasteiger partial charge on any atom is -0.508 e. The number of para-hydroxylation sites is 1. The van der Waals surface area contributed by atoms with Crippen LogP contribution < -0.4 is 0 Å². The Morgan fingerprint density at radius 3 is 2.05 bits per heavy atom. The molecule has 0 aliphatic carbocycles. The summed E-state index contributed by atoms with van der Waals surface area (Å²) in [5.74, 6) is 0.452. The molecule has 0 bridgehead atoms. The molecule has 3 heteroatoms. The summed E-state index contributed by atoms with van der Waals surface area (Å²) in [5, 5.41) is 9.58. The number of hydrogen-bond acceptors (Lipinski definition) is 2. The van der Waals surface area contributed by atoms with Gasteiger partial charge in [0.2, 0.25) is 0 Å². The molecule has 0 spiro atoms. The molecular formula is C17H30O3. The molecule has 0 aromatic heterocycles. The van der Waals surface area contributed by atoms with Gasteiger partial charge in [0.25, 0.3) is 0 Å². The van der Waals surface area contributed by atoms with Crippen LogP contribution in [0.2, 0.25) is 0 Å². The lowest BCUT2D eigenvalue weighted by Crippen LogP contribution is -1.87. The Morgan fingerprint density at radius 1 is 0.950 bits per heavy atom. The van der Waals surface area contributed by atoms with E-state index in [4.69, 9.17) is 0 Å². The average molecular weight is 282 g/mol. The van der Waals surface area contributed by atoms with Crippen LogP contribution in [0, 0.1) is 0 Å². The number of ether oxygens (including phenoxy) is 1. The minimum atomic E-state index is 0. The Morgan fingerprint density at radius 2 is 1.50 bits per heavy atom. The van der Waals surface area contributed by atoms with Gasteiger partial charge in [-0.15, -0.1) is 0 Å². The maximum Gasteiger partial charge on any atom is 0.118 e. The van der Waals surface area contributed by atoms with Crippen LogP contribution in [0.3, 0.4) is 0 Å². The predicted molar refractivity (Wildman–Crippen MR) is 84.2 cm³/mol. The number of rotatable bonds is 8. The molecule has 1 aromatic rings. The van der Waals surface area contributed by atoms with Crippen molar-refractivity contribution in [3.05, 3.63) is 29.8 Å². The van der Waals surface area contributed by atoms with E-state index in [2.05, 4.69) is 11.7 Å². The van der Waals surface area contributed by atoms with E-state index < -0.39 is 0 Å². The summed E-state index contributed by atoms with van der Waals surface area (Å²) in [4.78, 5) is 0. The van der Waals surface area contributed by atoms with Crippen molar-refractivity contribution in [1.82, 2.24) is 0 Å². The molecule has 0 saturated carbocycles. The number of hydrogen-bond donors (Lipinski definition) is 1. The quantitative estimate of drug-likeness (QED) is 0.581. The molecule has 116 valence electrons. The molecule has 1 fully saturated rings. The normalized spacial score (nSPS) is 12.1. The number of aromatic hydroxyl groups is 1. The molecule has 0 unspecified atom stereocenters. The first-order valence-corrected chi connectivity index (χ1v) is 7.69. The summed E-state index contributed by atoms with van der Waals surface area (Å²) >= 11 is 0. The van der Waals surface area contributed by atoms with Crippen molar-refractivity contribution in [1.29, 1.82) is 0 Å². The molecule has 1 aliphatic rings. The van der Waals surface area contributed by atoms with Crippen molar-refractivity contribution in [3.63, 3.8) is 0 Å². The Hall–Kier alpha value is -1.06. The third-order valence-electron chi connectivity index (χ3n) is 3.25. The summed E-state index contributed by atoms with van der Waals surface area (Å²) in [6.07, 6.45) is 10.3. The average Bonchev–Trinajstić information content (AvgIpc) is 3.28. The molecule has 1 saturated heterocycles. The van der Waals surface area contributed by atoms with Crippen LogP contribution >= 0.6 is 0 Å². The fourth-order valence-corrected chi connectivity index (χ4v) is 1.99. The van der Waals surface area contributed by atoms with Crippen molar-refractivity contribution in [2.24, 2.45) is 0 Å². The molecule has 1 aromatic carbocycles. The van der Waals surface area contributed by atoms with E-state index in [1.165, 1.54) is 44.9 Å². The zero-order valence-corrected chi connectivity index (χ0v) is 12.7. The Balaban J connectivity index is 0.000000794. The lowest BCUT2D eigenvalue weighted by atomic mass is 10.0. The van der Waals surface area contributed by atoms with Crippen LogP contribution in [-0.2, 0) is 11.2 Å². The smallest absolute Gasteiger partial charge is 0.118 e. The molecule has 0 radical (unpaired) electrons. The van der Waals surface area contributed by atoms with Gasteiger partial charge in [0.05, 0.1) is 13.2 Å². The molecule has 1 aliphatic heterocycles. The van der Waals surface area contributed by atoms with Gasteiger partial charge in [-0.3, -0.25) is 0 Å². The first kappa shape index (κ1) is 18.9. The molecule has 3 nitrogen and oxygen atoms in total. The van der Waals surface area contributed by atoms with Gasteiger partial charge in [-0.05, 0) is 24.5 Å². The maximum atomic E-state index is 9.58. The van der Waals surface area contributed by atoms with Gasteiger partial charge < -0.3 is 15.3 Å². The standard InChI is InChI=1S/C15H24O.C2H4O.H2O/c1-2-3-4-5-6-7-8-11-14-12-9-10-13-15(14)16;1-2-3-1;/h9-10,12-13,16H,2-8,11H2,1H3;1-2H2;1H2. The van der Waals surface area contributed by atoms with Crippen molar-refractivity contribution >= 4 is 0 Å². The molecule has 3 N–H and O–H groups in total. The highest BCUT2D eigenvalue weighted by molar-refractivity contribution is 5.31. The fraction of sp³-hybridized carbons (Fsp3) is 0.647. The maximum absolute atomic E-state index is 9.58. The zero-order chi connectivity index (χ0) is 13.8. The van der Waals surface area contributed by atoms with Gasteiger partial charge >= 0.3 is 0 Å². The van der Waals surface area contributed by atoms with Gasteiger partial charge in [0.1, 0.15) is 5.75 Å². The van der Waals surface area contributed by atoms with Crippen molar-refractivity contribution < 1.29 is 15.3 Å². The Labute approximate surface area is 123 Å². The second-order valence-corrected chi connectivity index (χ2v) is 5.11. The number of epoxide rings is 1. The number of phenolic OH excluding ortho intramolecular Hbond substituents is 1. The molecule has 2 rings (SSSR count). The summed E-state index contributed by atoms with van der Waals surface area (Å²) < 4.78 is 4.50. The molecular weight excluding hydrogens is 252 g/mol. The number of aryl methyl sites for hydroxylation is 1. The van der Waals surface area contributed by atoms with Crippen molar-refractivity contribution in [3.8, 4) is 5.75 Å². The summed E-state index contributed by atoms with van der Waals surface area (Å²) in [5.41, 5.74) is 1.09. The highest BCUT2D eigenvalue weighted by atomic mass is 16.6. The molecule has 20 heavy (non-hydrogen) atoms. The zero-order valence-electron chi connectivity index (χ0n) is 12.7. The highest BCUT2D eigenvalue weighted by Gasteiger charge is 1.98. The monoisotopic (exact) mass is 282 g/mol. The third-order valence-corrected chi connectivity index (χ3v) is 3.25. The van der Waals surface area contributed by atoms with E-state index in [1.54, 1.807) is 6.07 Å². The van der Waals surface area contributed by atoms with Crippen LogP contribution in [0.5, 0.6) is 5.75 Å². The predicted octanol–water partition coefficient (Wildman–Crippen LogP) is 3.88. The fourth-order valence-electron chi connectivity index (χ4n) is 1.99. The first-order chi connectivity index (χ1) is 9.34. The number of unbranched alkanes of at least 4 members (excludes halogenated alkanes) is 6. The first-order valence-electron chi connectivity index (χ1n) is 7.69. The van der Waals surface area contributed by atoms with Crippen LogP contribution in [0.25, 0.3) is 0 Å². The van der Waals surface area contributed by atoms with Crippen molar-refractivity contribution in [2.45, 2.75) is 58.3 Å². The molecule has 1 heterocycles. The van der Waals surface area contributed by atoms with Gasteiger partial charge in [0, 0.05) is 0 Å². The lowest BCUT2D eigenvalue weighted by Gasteiger charge is -2.04. The van der Waals surface area contributed by atoms with Gasteiger partial charge in [-0.25, -0.2) is 0 Å². The van der Waals surface area contributed by atoms with Gasteiger partial charge in [-0.1, -0.05) is 63.6 Å². The summed E-state index contributed by atoms with van der Waals surface area (Å²) in [6.45, 7) is 4.25. The van der Waals surface area contributed by atoms with E-state index in [-0.39, 0.29) is 5.48 Å². The van der Waals surface area contributed by atoms with E-state index in [0.717, 1.165) is 25.2 Å². The number of phenols is 1. The molecule has 0 amide bonds. The molecule has 0 atom stereocenters. The van der Waals surface area contributed by atoms with Gasteiger partial charge in [0.15, 0.2) is 0 Å². The second-order valence-electron chi connectivity index (χ2n) is 5.11. The second kappa shape index (κ2) is 12.9. The highest BCUT2D eigenvalue weighted by Crippen LogP contribution is 2.18. The largest absolute Gasteiger partial charge is 0.508 e. The van der Waals surface area contributed by atoms with Crippen LogP contribution in [0.1, 0.15) is 57.4 Å². The topological polar surface area (TPSA) is 64.3 Å². The SMILES string of the molecule is C1CO1.CCCCCCCCCc1ccccc1O.O. The number of benzene rings is 1. The summed E-state index contributed by atoms with van der Waals surface area (Å²) in [7, 11) is 0. The van der Waals surface area contributed by atoms with E-state index in [1.807, 2.05) is 18.2 Å². The van der Waals surface area contributed by atoms with Crippen molar-refractivity contribution in [2.75, 3.05) is 13.2 Å². The van der Waals surface area contributed by atoms with E-state index >= 15 is 0 Å². The van der Waals surface area contributed by atoms with Crippen LogP contribution in [-0.4, -0.2) is 23.8 Å². The summed E-state index contributed by atoms with van der Waals surface area (Å²) in [6, 6.07) is 7.67. The lowest BCUT2D eigenvalue weighted by molar-refractivity contribution is 0.466. The Bertz CT molecular complexity index is 321.